The zero-order chi connectivity index (χ0) is 15.0. The predicted octanol–water partition coefficient (Wildman–Crippen LogP) is 4.34. The third kappa shape index (κ3) is 2.28. The fourth-order valence-corrected chi connectivity index (χ4v) is 2.62. The second-order valence-corrected chi connectivity index (χ2v) is 5.18. The molecule has 2 aromatic carbocycles. The molecule has 0 aliphatic carbocycles. The topological polar surface area (TPSA) is 63.3 Å². The number of oxazole rings is 1. The maximum Gasteiger partial charge on any atom is 0.310 e. The Morgan fingerprint density at radius 1 is 1.29 bits per heavy atom. The van der Waals surface area contributed by atoms with Gasteiger partial charge in [-0.05, 0) is 24.6 Å². The summed E-state index contributed by atoms with van der Waals surface area (Å²) in [5, 5.41) is 9.87. The summed E-state index contributed by atoms with van der Waals surface area (Å²) in [4.78, 5) is 15.6. The van der Waals surface area contributed by atoms with Gasteiger partial charge in [0.25, 0.3) is 0 Å². The zero-order valence-electron chi connectivity index (χ0n) is 11.2. The third-order valence-corrected chi connectivity index (χ3v) is 3.84. The molecule has 0 saturated carbocycles. The molecule has 0 fully saturated rings. The normalized spacial score (nSPS) is 12.5. The van der Waals surface area contributed by atoms with E-state index in [0.717, 1.165) is 5.56 Å². The van der Waals surface area contributed by atoms with Gasteiger partial charge in [0.2, 0.25) is 0 Å². The molecule has 1 unspecified atom stereocenters. The molecule has 1 atom stereocenters. The number of carboxylic acids is 1. The second kappa shape index (κ2) is 5.22. The van der Waals surface area contributed by atoms with Crippen LogP contribution in [0.25, 0.3) is 22.2 Å². The highest BCUT2D eigenvalue weighted by Gasteiger charge is 2.22. The Morgan fingerprint density at radius 2 is 2.05 bits per heavy atom. The number of halogens is 1. The first kappa shape index (κ1) is 13.6. The molecular weight excluding hydrogens is 290 g/mol. The van der Waals surface area contributed by atoms with Gasteiger partial charge < -0.3 is 9.52 Å². The minimum atomic E-state index is -0.897. The molecule has 0 amide bonds. The fraction of sp³-hybridized carbons (Fsp3) is 0.125. The van der Waals surface area contributed by atoms with E-state index in [9.17, 15) is 9.90 Å². The summed E-state index contributed by atoms with van der Waals surface area (Å²) < 4.78 is 5.31. The number of hydrogen-bond acceptors (Lipinski definition) is 3. The summed E-state index contributed by atoms with van der Waals surface area (Å²) in [7, 11) is 0. The van der Waals surface area contributed by atoms with Gasteiger partial charge in [0.1, 0.15) is 5.52 Å². The monoisotopic (exact) mass is 301 g/mol. The van der Waals surface area contributed by atoms with Crippen molar-refractivity contribution in [2.45, 2.75) is 12.8 Å². The Hall–Kier alpha value is -2.33. The molecule has 5 heteroatoms. The maximum atomic E-state index is 11.4. The van der Waals surface area contributed by atoms with Gasteiger partial charge >= 0.3 is 5.97 Å². The van der Waals surface area contributed by atoms with E-state index < -0.39 is 11.9 Å². The SMILES string of the molecule is CC(C(=O)O)c1ccc2ocnc2c1-c1ccccc1Cl. The summed E-state index contributed by atoms with van der Waals surface area (Å²) in [6.45, 7) is 1.64. The molecule has 0 radical (unpaired) electrons. The summed E-state index contributed by atoms with van der Waals surface area (Å²) in [5.41, 5.74) is 3.35. The highest BCUT2D eigenvalue weighted by molar-refractivity contribution is 6.33. The lowest BCUT2D eigenvalue weighted by atomic mass is 9.90. The molecule has 0 saturated heterocycles. The summed E-state index contributed by atoms with van der Waals surface area (Å²) in [5.74, 6) is -1.57. The number of carbonyl (C=O) groups is 1. The van der Waals surface area contributed by atoms with Crippen LogP contribution in [0.2, 0.25) is 5.02 Å². The molecule has 1 heterocycles. The van der Waals surface area contributed by atoms with Crippen molar-refractivity contribution in [2.75, 3.05) is 0 Å². The number of fused-ring (bicyclic) bond motifs is 1. The van der Waals surface area contributed by atoms with E-state index in [4.69, 9.17) is 16.0 Å². The number of aliphatic carboxylic acids is 1. The van der Waals surface area contributed by atoms with E-state index in [-0.39, 0.29) is 0 Å². The van der Waals surface area contributed by atoms with Crippen LogP contribution in [0, 0.1) is 0 Å². The average Bonchev–Trinajstić information content (AvgIpc) is 2.94. The van der Waals surface area contributed by atoms with Crippen LogP contribution in [0.1, 0.15) is 18.4 Å². The summed E-state index contributed by atoms with van der Waals surface area (Å²) in [6.07, 6.45) is 1.35. The van der Waals surface area contributed by atoms with Crippen LogP contribution in [-0.4, -0.2) is 16.1 Å². The lowest BCUT2D eigenvalue weighted by Gasteiger charge is -2.14. The maximum absolute atomic E-state index is 11.4. The molecule has 3 aromatic rings. The lowest BCUT2D eigenvalue weighted by molar-refractivity contribution is -0.138. The van der Waals surface area contributed by atoms with Crippen molar-refractivity contribution >= 4 is 28.7 Å². The molecule has 0 bridgehead atoms. The lowest BCUT2D eigenvalue weighted by Crippen LogP contribution is -2.09. The molecule has 3 rings (SSSR count). The van der Waals surface area contributed by atoms with E-state index in [1.165, 1.54) is 6.39 Å². The number of rotatable bonds is 3. The highest BCUT2D eigenvalue weighted by atomic mass is 35.5. The van der Waals surface area contributed by atoms with E-state index in [0.29, 0.717) is 27.2 Å². The Bertz CT molecular complexity index is 825. The van der Waals surface area contributed by atoms with Gasteiger partial charge in [0.15, 0.2) is 12.0 Å². The zero-order valence-corrected chi connectivity index (χ0v) is 12.0. The summed E-state index contributed by atoms with van der Waals surface area (Å²) >= 11 is 6.28. The van der Waals surface area contributed by atoms with E-state index in [1.54, 1.807) is 25.1 Å². The number of benzene rings is 2. The molecule has 1 N–H and O–H groups in total. The molecule has 0 aliphatic heterocycles. The first-order valence-corrected chi connectivity index (χ1v) is 6.81. The molecule has 0 aliphatic rings. The van der Waals surface area contributed by atoms with Crippen molar-refractivity contribution in [2.24, 2.45) is 0 Å². The van der Waals surface area contributed by atoms with E-state index in [1.807, 2.05) is 18.2 Å². The second-order valence-electron chi connectivity index (χ2n) is 4.77. The largest absolute Gasteiger partial charge is 0.481 e. The first-order valence-electron chi connectivity index (χ1n) is 6.43. The minimum absolute atomic E-state index is 0.548. The molecule has 21 heavy (non-hydrogen) atoms. The van der Waals surface area contributed by atoms with Gasteiger partial charge in [0.05, 0.1) is 5.92 Å². The van der Waals surface area contributed by atoms with Gasteiger partial charge in [-0.1, -0.05) is 35.9 Å². The number of hydrogen-bond donors (Lipinski definition) is 1. The highest BCUT2D eigenvalue weighted by Crippen LogP contribution is 2.38. The van der Waals surface area contributed by atoms with E-state index >= 15 is 0 Å². The van der Waals surface area contributed by atoms with Crippen LogP contribution >= 0.6 is 11.6 Å². The molecule has 0 spiro atoms. The van der Waals surface area contributed by atoms with Gasteiger partial charge in [-0.15, -0.1) is 0 Å². The third-order valence-electron chi connectivity index (χ3n) is 3.51. The molecule has 4 nitrogen and oxygen atoms in total. The number of nitrogens with zero attached hydrogens (tertiary/aromatic N) is 1. The van der Waals surface area contributed by atoms with Gasteiger partial charge in [0, 0.05) is 16.1 Å². The average molecular weight is 302 g/mol. The van der Waals surface area contributed by atoms with Crippen LogP contribution in [0.3, 0.4) is 0 Å². The Balaban J connectivity index is 2.37. The van der Waals surface area contributed by atoms with Crippen LogP contribution in [-0.2, 0) is 4.79 Å². The van der Waals surface area contributed by atoms with Crippen molar-refractivity contribution in [3.8, 4) is 11.1 Å². The molecule has 1 aromatic heterocycles. The van der Waals surface area contributed by atoms with Crippen LogP contribution in [0.4, 0.5) is 0 Å². The molecule has 106 valence electrons. The van der Waals surface area contributed by atoms with Crippen LogP contribution in [0.5, 0.6) is 0 Å². The standard InChI is InChI=1S/C16H12ClNO3/c1-9(16(19)20)10-6-7-13-15(18-8-21-13)14(10)11-4-2-3-5-12(11)17/h2-9H,1H3,(H,19,20). The quantitative estimate of drug-likeness (QED) is 0.781. The fourth-order valence-electron chi connectivity index (χ4n) is 2.39. The Morgan fingerprint density at radius 3 is 2.76 bits per heavy atom. The van der Waals surface area contributed by atoms with Crippen molar-refractivity contribution in [1.82, 2.24) is 4.98 Å². The van der Waals surface area contributed by atoms with Gasteiger partial charge in [-0.3, -0.25) is 4.79 Å². The number of carboxylic acid groups (broad SMARTS) is 1. The summed E-state index contributed by atoms with van der Waals surface area (Å²) in [6, 6.07) is 10.8. The van der Waals surface area contributed by atoms with Crippen LogP contribution in [0.15, 0.2) is 47.2 Å². The smallest absolute Gasteiger partial charge is 0.310 e. The molecular formula is C16H12ClNO3. The van der Waals surface area contributed by atoms with Crippen molar-refractivity contribution in [3.63, 3.8) is 0 Å². The minimum Gasteiger partial charge on any atom is -0.481 e. The van der Waals surface area contributed by atoms with Crippen molar-refractivity contribution < 1.29 is 14.3 Å². The first-order chi connectivity index (χ1) is 10.1. The van der Waals surface area contributed by atoms with Gasteiger partial charge in [-0.2, -0.15) is 0 Å². The van der Waals surface area contributed by atoms with Crippen molar-refractivity contribution in [1.29, 1.82) is 0 Å². The predicted molar refractivity (Wildman–Crippen MR) is 80.5 cm³/mol. The Kier molecular flexibility index (Phi) is 3.39. The Labute approximate surface area is 126 Å². The number of aromatic nitrogens is 1. The van der Waals surface area contributed by atoms with Crippen LogP contribution < -0.4 is 0 Å². The van der Waals surface area contributed by atoms with Crippen molar-refractivity contribution in [3.05, 3.63) is 53.4 Å². The van der Waals surface area contributed by atoms with E-state index in [2.05, 4.69) is 4.98 Å². The van der Waals surface area contributed by atoms with Gasteiger partial charge in [-0.25, -0.2) is 4.98 Å².